The molecule has 0 saturated carbocycles. The molecule has 6 nitrogen and oxygen atoms in total. The van der Waals surface area contributed by atoms with E-state index in [0.717, 1.165) is 0 Å². The van der Waals surface area contributed by atoms with E-state index in [2.05, 4.69) is 10.1 Å². The molecule has 0 aliphatic heterocycles. The Morgan fingerprint density at radius 2 is 2.16 bits per heavy atom. The summed E-state index contributed by atoms with van der Waals surface area (Å²) in [4.78, 5) is 18.6. The topological polar surface area (TPSA) is 68.5 Å². The molecule has 2 aromatic heterocycles. The molecule has 25 heavy (non-hydrogen) atoms. The lowest BCUT2D eigenvalue weighted by atomic mass is 10.3. The van der Waals surface area contributed by atoms with E-state index in [4.69, 9.17) is 9.26 Å². The van der Waals surface area contributed by atoms with Crippen molar-refractivity contribution in [3.05, 3.63) is 64.2 Å². The van der Waals surface area contributed by atoms with Gasteiger partial charge in [0, 0.05) is 20.0 Å². The number of carbonyl (C=O) groups excluding carboxylic acids is 1. The van der Waals surface area contributed by atoms with Gasteiger partial charge in [0.2, 0.25) is 0 Å². The molecule has 1 aromatic carbocycles. The van der Waals surface area contributed by atoms with E-state index in [1.54, 1.807) is 30.1 Å². The summed E-state index contributed by atoms with van der Waals surface area (Å²) in [5.74, 6) is 0.365. The zero-order valence-corrected chi connectivity index (χ0v) is 14.3. The lowest BCUT2D eigenvalue weighted by molar-refractivity contribution is 0.0800. The number of benzene rings is 1. The highest BCUT2D eigenvalue weighted by Crippen LogP contribution is 2.17. The van der Waals surface area contributed by atoms with Gasteiger partial charge in [-0.05, 0) is 23.6 Å². The highest BCUT2D eigenvalue weighted by atomic mass is 32.1. The van der Waals surface area contributed by atoms with Crippen molar-refractivity contribution in [1.29, 1.82) is 0 Å². The number of para-hydroxylation sites is 1. The van der Waals surface area contributed by atoms with Crippen LogP contribution in [0.4, 0.5) is 4.39 Å². The number of nitrogens with zero attached hydrogens (tertiary/aromatic N) is 3. The number of amides is 1. The Labute approximate surface area is 147 Å². The number of aromatic nitrogens is 2. The number of thiophene rings is 1. The SMILES string of the molecule is CN(CCc1noc(COc2ccccc2F)n1)C(=O)c1cccs1. The van der Waals surface area contributed by atoms with Crippen LogP contribution >= 0.6 is 11.3 Å². The van der Waals surface area contributed by atoms with Crippen molar-refractivity contribution in [2.45, 2.75) is 13.0 Å². The zero-order chi connectivity index (χ0) is 17.6. The van der Waals surface area contributed by atoms with Crippen LogP contribution in [0.1, 0.15) is 21.4 Å². The van der Waals surface area contributed by atoms with E-state index in [0.29, 0.717) is 23.7 Å². The zero-order valence-electron chi connectivity index (χ0n) is 13.5. The van der Waals surface area contributed by atoms with Crippen molar-refractivity contribution in [1.82, 2.24) is 15.0 Å². The second-order valence-electron chi connectivity index (χ2n) is 5.28. The molecule has 0 fully saturated rings. The third-order valence-electron chi connectivity index (χ3n) is 3.45. The third-order valence-corrected chi connectivity index (χ3v) is 4.31. The molecule has 0 saturated heterocycles. The Morgan fingerprint density at radius 3 is 2.92 bits per heavy atom. The molecular formula is C17H16FN3O3S. The maximum atomic E-state index is 13.5. The van der Waals surface area contributed by atoms with Crippen LogP contribution in [-0.2, 0) is 13.0 Å². The fourth-order valence-electron chi connectivity index (χ4n) is 2.11. The van der Waals surface area contributed by atoms with Gasteiger partial charge in [0.05, 0.1) is 4.88 Å². The largest absolute Gasteiger partial charge is 0.481 e. The predicted molar refractivity (Wildman–Crippen MR) is 90.0 cm³/mol. The molecule has 3 aromatic rings. The minimum absolute atomic E-state index is 0.0160. The molecule has 0 spiro atoms. The predicted octanol–water partition coefficient (Wildman–Crippen LogP) is 3.16. The normalized spacial score (nSPS) is 10.6. The van der Waals surface area contributed by atoms with Gasteiger partial charge in [-0.15, -0.1) is 11.3 Å². The molecule has 0 bridgehead atoms. The second kappa shape index (κ2) is 7.89. The summed E-state index contributed by atoms with van der Waals surface area (Å²) in [6.45, 7) is 0.446. The first kappa shape index (κ1) is 17.1. The van der Waals surface area contributed by atoms with Crippen LogP contribution in [-0.4, -0.2) is 34.5 Å². The van der Waals surface area contributed by atoms with E-state index in [1.807, 2.05) is 11.4 Å². The van der Waals surface area contributed by atoms with Crippen LogP contribution in [0.15, 0.2) is 46.3 Å². The van der Waals surface area contributed by atoms with E-state index < -0.39 is 5.82 Å². The lowest BCUT2D eigenvalue weighted by Crippen LogP contribution is -2.28. The van der Waals surface area contributed by atoms with Crippen LogP contribution < -0.4 is 4.74 Å². The van der Waals surface area contributed by atoms with Crippen LogP contribution in [0, 0.1) is 5.82 Å². The summed E-state index contributed by atoms with van der Waals surface area (Å²) in [5, 5.41) is 5.71. The number of hydrogen-bond donors (Lipinski definition) is 0. The Balaban J connectivity index is 1.50. The van der Waals surface area contributed by atoms with Crippen molar-refractivity contribution in [3.8, 4) is 5.75 Å². The Kier molecular flexibility index (Phi) is 5.39. The van der Waals surface area contributed by atoms with Gasteiger partial charge in [-0.1, -0.05) is 23.4 Å². The third kappa shape index (κ3) is 4.42. The quantitative estimate of drug-likeness (QED) is 0.647. The Hall–Kier alpha value is -2.74. The smallest absolute Gasteiger partial charge is 0.264 e. The summed E-state index contributed by atoms with van der Waals surface area (Å²) in [7, 11) is 1.73. The maximum Gasteiger partial charge on any atom is 0.264 e. The number of ether oxygens (including phenoxy) is 1. The molecular weight excluding hydrogens is 345 g/mol. The van der Waals surface area contributed by atoms with Crippen molar-refractivity contribution in [2.24, 2.45) is 0 Å². The van der Waals surface area contributed by atoms with Crippen molar-refractivity contribution in [2.75, 3.05) is 13.6 Å². The highest BCUT2D eigenvalue weighted by Gasteiger charge is 2.14. The highest BCUT2D eigenvalue weighted by molar-refractivity contribution is 7.12. The summed E-state index contributed by atoms with van der Waals surface area (Å²) in [5.41, 5.74) is 0. The monoisotopic (exact) mass is 361 g/mol. The fourth-order valence-corrected chi connectivity index (χ4v) is 2.83. The molecule has 130 valence electrons. The molecule has 2 heterocycles. The molecule has 0 aliphatic rings. The molecule has 0 unspecified atom stereocenters. The second-order valence-corrected chi connectivity index (χ2v) is 6.23. The van der Waals surface area contributed by atoms with Gasteiger partial charge in [-0.25, -0.2) is 4.39 Å². The Morgan fingerprint density at radius 1 is 1.32 bits per heavy atom. The number of hydrogen-bond acceptors (Lipinski definition) is 6. The number of halogens is 1. The van der Waals surface area contributed by atoms with Crippen molar-refractivity contribution in [3.63, 3.8) is 0 Å². The summed E-state index contributed by atoms with van der Waals surface area (Å²) < 4.78 is 23.9. The summed E-state index contributed by atoms with van der Waals surface area (Å²) in [6, 6.07) is 9.73. The van der Waals surface area contributed by atoms with Gasteiger partial charge in [0.15, 0.2) is 24.0 Å². The van der Waals surface area contributed by atoms with Crippen LogP contribution in [0.25, 0.3) is 0 Å². The Bertz CT molecular complexity index is 835. The molecule has 0 aliphatic carbocycles. The molecule has 1 amide bonds. The standard InChI is InChI=1S/C17H16FN3O3S/c1-21(17(22)14-7-4-10-25-14)9-8-15-19-16(24-20-15)11-23-13-6-3-2-5-12(13)18/h2-7,10H,8-9,11H2,1H3. The van der Waals surface area contributed by atoms with Crippen LogP contribution in [0.5, 0.6) is 5.75 Å². The summed E-state index contributed by atoms with van der Waals surface area (Å²) >= 11 is 1.40. The first-order valence-corrected chi connectivity index (χ1v) is 8.49. The average Bonchev–Trinajstić information content (AvgIpc) is 3.30. The minimum Gasteiger partial charge on any atom is -0.481 e. The number of likely N-dealkylation sites (N-methyl/N-ethyl adjacent to an activating group) is 1. The molecule has 0 radical (unpaired) electrons. The van der Waals surface area contributed by atoms with E-state index >= 15 is 0 Å². The van der Waals surface area contributed by atoms with Gasteiger partial charge in [0.25, 0.3) is 11.8 Å². The van der Waals surface area contributed by atoms with E-state index in [-0.39, 0.29) is 24.2 Å². The minimum atomic E-state index is -0.448. The van der Waals surface area contributed by atoms with E-state index in [1.165, 1.54) is 23.5 Å². The van der Waals surface area contributed by atoms with Gasteiger partial charge < -0.3 is 14.2 Å². The van der Waals surface area contributed by atoms with Gasteiger partial charge in [-0.3, -0.25) is 4.79 Å². The molecule has 0 atom stereocenters. The van der Waals surface area contributed by atoms with Gasteiger partial charge in [-0.2, -0.15) is 4.98 Å². The average molecular weight is 361 g/mol. The lowest BCUT2D eigenvalue weighted by Gasteiger charge is -2.14. The van der Waals surface area contributed by atoms with E-state index in [9.17, 15) is 9.18 Å². The first-order chi connectivity index (χ1) is 12.1. The van der Waals surface area contributed by atoms with Crippen molar-refractivity contribution >= 4 is 17.2 Å². The van der Waals surface area contributed by atoms with Crippen molar-refractivity contribution < 1.29 is 18.4 Å². The molecule has 0 N–H and O–H groups in total. The summed E-state index contributed by atoms with van der Waals surface area (Å²) in [6.07, 6.45) is 0.455. The fraction of sp³-hybridized carbons (Fsp3) is 0.235. The first-order valence-electron chi connectivity index (χ1n) is 7.61. The maximum absolute atomic E-state index is 13.5. The molecule has 3 rings (SSSR count). The van der Waals surface area contributed by atoms with Gasteiger partial charge in [0.1, 0.15) is 0 Å². The number of carbonyl (C=O) groups is 1. The number of rotatable bonds is 7. The molecule has 8 heteroatoms. The van der Waals surface area contributed by atoms with Crippen LogP contribution in [0.2, 0.25) is 0 Å². The van der Waals surface area contributed by atoms with Crippen LogP contribution in [0.3, 0.4) is 0 Å². The van der Waals surface area contributed by atoms with Gasteiger partial charge >= 0.3 is 0 Å².